The maximum atomic E-state index is 6.42. The average Bonchev–Trinajstić information content (AvgIpc) is 3.22. The molecule has 0 amide bonds. The van der Waals surface area contributed by atoms with Gasteiger partial charge in [-0.25, -0.2) is 0 Å². The minimum absolute atomic E-state index is 0.197. The van der Waals surface area contributed by atoms with Crippen LogP contribution in [0.5, 0.6) is 0 Å². The number of rotatable bonds is 42. The van der Waals surface area contributed by atoms with Crippen LogP contribution in [0.1, 0.15) is 128 Å². The fraction of sp³-hybridized carbons (Fsp3) is 1.00. The largest absolute Gasteiger partial charge is 0.808 e. The van der Waals surface area contributed by atoms with Gasteiger partial charge in [0.2, 0.25) is 0 Å². The van der Waals surface area contributed by atoms with Crippen molar-refractivity contribution in [2.75, 3.05) is 94.0 Å². The third-order valence-electron chi connectivity index (χ3n) is 8.77. The summed E-state index contributed by atoms with van der Waals surface area (Å²) in [5.41, 5.74) is 0.292. The Balaban J connectivity index is 3.35. The molecule has 4 unspecified atom stereocenters. The average molecular weight is 1130 g/mol. The van der Waals surface area contributed by atoms with E-state index in [0.717, 1.165) is 34.5 Å². The van der Waals surface area contributed by atoms with Crippen LogP contribution in [0.15, 0.2) is 0 Å². The van der Waals surface area contributed by atoms with Gasteiger partial charge in [-0.1, -0.05) is 33.6 Å². The van der Waals surface area contributed by atoms with Crippen molar-refractivity contribution in [3.63, 3.8) is 0 Å². The van der Waals surface area contributed by atoms with Crippen LogP contribution in [0.3, 0.4) is 0 Å². The van der Waals surface area contributed by atoms with E-state index in [0.29, 0.717) is 70.8 Å². The van der Waals surface area contributed by atoms with Crippen molar-refractivity contribution in [2.24, 2.45) is 11.3 Å². The standard InChI is InChI=1S/C36H81O9S12Si3/c1-13-37-58(38-14-2,39-15-3)55(49-22-10)52-46-32-28-35-27-25-26-29-36(35,30-33-47-53-56(50-23-11)59(40-16-4,41-17-5)42-18-6)31-34-48-54-57(51-24-12)60(43-19-7,44-20-8)45-21-9/h35H,13-34H2,1-12H3/q+3. The van der Waals surface area contributed by atoms with Crippen LogP contribution in [-0.2, 0) is 65.1 Å². The molecule has 24 heteroatoms. The Morgan fingerprint density at radius 3 is 1.02 bits per heavy atom. The molecule has 0 aromatic carbocycles. The first-order chi connectivity index (χ1) is 29.1. The van der Waals surface area contributed by atoms with Gasteiger partial charge in [-0.3, -0.25) is 0 Å². The van der Waals surface area contributed by atoms with E-state index >= 15 is 0 Å². The quantitative estimate of drug-likeness (QED) is 0.0251. The Kier molecular flexibility index (Phi) is 39.9. The lowest BCUT2D eigenvalue weighted by Gasteiger charge is -2.45. The molecule has 0 radical (unpaired) electrons. The lowest BCUT2D eigenvalue weighted by molar-refractivity contribution is 0.0835. The second kappa shape index (κ2) is 38.3. The van der Waals surface area contributed by atoms with Gasteiger partial charge in [0.05, 0.1) is 32.4 Å². The summed E-state index contributed by atoms with van der Waals surface area (Å²) in [5, 5.41) is 0. The molecule has 0 bridgehead atoms. The van der Waals surface area contributed by atoms with Crippen molar-refractivity contribution in [3.05, 3.63) is 0 Å². The monoisotopic (exact) mass is 1130 g/mol. The zero-order valence-corrected chi connectivity index (χ0v) is 51.5. The van der Waals surface area contributed by atoms with Gasteiger partial charge < -0.3 is 39.8 Å². The van der Waals surface area contributed by atoms with Gasteiger partial charge in [-0.15, -0.1) is 0 Å². The Morgan fingerprint density at radius 1 is 0.433 bits per heavy atom. The molecule has 4 atom stereocenters. The zero-order valence-electron chi connectivity index (χ0n) is 38.7. The predicted octanol–water partition coefficient (Wildman–Crippen LogP) is 13.7. The Labute approximate surface area is 412 Å². The molecule has 1 saturated carbocycles. The molecule has 0 aromatic heterocycles. The smallest absolute Gasteiger partial charge is 0.331 e. The third kappa shape index (κ3) is 21.6. The molecule has 60 heavy (non-hydrogen) atoms. The summed E-state index contributed by atoms with van der Waals surface area (Å²) in [6.07, 6.45) is 8.90. The van der Waals surface area contributed by atoms with Gasteiger partial charge in [-0.05, 0) is 138 Å². The number of hydrogen-bond acceptors (Lipinski definition) is 18. The number of hydrogen-bond donors (Lipinski definition) is 0. The summed E-state index contributed by atoms with van der Waals surface area (Å²) in [4.78, 5) is 0. The molecule has 1 aliphatic rings. The molecule has 0 aromatic rings. The first-order valence-corrected chi connectivity index (χ1v) is 46.0. The van der Waals surface area contributed by atoms with Crippen molar-refractivity contribution in [1.29, 1.82) is 0 Å². The van der Waals surface area contributed by atoms with Gasteiger partial charge >= 0.3 is 23.9 Å². The fourth-order valence-corrected chi connectivity index (χ4v) is 69.0. The third-order valence-corrected chi connectivity index (χ3v) is 66.1. The van der Waals surface area contributed by atoms with E-state index < -0.39 is 23.9 Å². The second-order valence-corrected chi connectivity index (χ2v) is 54.9. The molecular weight excluding hydrogens is 1050 g/mol. The summed E-state index contributed by atoms with van der Waals surface area (Å²) in [7, 11) is 8.66. The highest BCUT2D eigenvalue weighted by Crippen LogP contribution is 2.55. The molecule has 0 N–H and O–H groups in total. The normalized spacial score (nSPS) is 19.5. The lowest BCUT2D eigenvalue weighted by Crippen LogP contribution is -2.51. The molecule has 0 spiro atoms. The van der Waals surface area contributed by atoms with Gasteiger partial charge in [0.25, 0.3) is 0 Å². The Bertz CT molecular complexity index is 939. The summed E-state index contributed by atoms with van der Waals surface area (Å²) in [5.74, 6) is 7.05. The van der Waals surface area contributed by atoms with Gasteiger partial charge in [0, 0.05) is 94.0 Å². The minimum atomic E-state index is -2.84. The lowest BCUT2D eigenvalue weighted by atomic mass is 9.62. The van der Waals surface area contributed by atoms with Crippen LogP contribution in [0.25, 0.3) is 0 Å². The summed E-state index contributed by atoms with van der Waals surface area (Å²) in [6.45, 7) is 30.7. The molecule has 9 nitrogen and oxygen atoms in total. The maximum Gasteiger partial charge on any atom is 0.808 e. The van der Waals surface area contributed by atoms with Crippen LogP contribution < -0.4 is 0 Å². The van der Waals surface area contributed by atoms with E-state index in [2.05, 4.69) is 83.1 Å². The van der Waals surface area contributed by atoms with Gasteiger partial charge in [0.1, 0.15) is 0 Å². The van der Waals surface area contributed by atoms with E-state index in [4.69, 9.17) is 39.8 Å². The highest BCUT2D eigenvalue weighted by atomic mass is 33.8. The van der Waals surface area contributed by atoms with Crippen LogP contribution >= 0.6 is 94.2 Å². The molecule has 0 aliphatic heterocycles. The summed E-state index contributed by atoms with van der Waals surface area (Å²) in [6, 6.07) is 0. The van der Waals surface area contributed by atoms with E-state index in [9.17, 15) is 0 Å². The van der Waals surface area contributed by atoms with Crippen LogP contribution in [-0.4, -0.2) is 118 Å². The van der Waals surface area contributed by atoms with Crippen LogP contribution in [0.2, 0.25) is 0 Å². The van der Waals surface area contributed by atoms with Crippen molar-refractivity contribution >= 4 is 143 Å². The summed E-state index contributed by atoms with van der Waals surface area (Å²) < 4.78 is 57.8. The molecule has 0 saturated heterocycles. The SMILES string of the molecule is CCO[Si](OCC)(OCC)[S+](SCC)SSCCC1CCCCC1(CCSS[S+](SCC)[Si](OCC)(OCC)OCC)CCSS[S+](SCC)[Si](OCC)(OCC)OCC. The second-order valence-electron chi connectivity index (χ2n) is 12.6. The Morgan fingerprint density at radius 2 is 0.733 bits per heavy atom. The molecule has 0 heterocycles. The Hall–Kier alpha value is 4.49. The molecule has 360 valence electrons. The zero-order chi connectivity index (χ0) is 44.6. The van der Waals surface area contributed by atoms with Gasteiger partial charge in [0.15, 0.2) is 54.7 Å². The van der Waals surface area contributed by atoms with Gasteiger partial charge in [-0.2, -0.15) is 0 Å². The van der Waals surface area contributed by atoms with Crippen LogP contribution in [0.4, 0.5) is 0 Å². The predicted molar refractivity (Wildman–Crippen MR) is 297 cm³/mol. The summed E-state index contributed by atoms with van der Waals surface area (Å²) >= 11 is 0. The molecule has 1 fully saturated rings. The highest BCUT2D eigenvalue weighted by Gasteiger charge is 2.68. The van der Waals surface area contributed by atoms with E-state index in [1.807, 2.05) is 94.2 Å². The maximum absolute atomic E-state index is 6.42. The van der Waals surface area contributed by atoms with Crippen molar-refractivity contribution < 1.29 is 39.8 Å². The van der Waals surface area contributed by atoms with Crippen LogP contribution in [0, 0.1) is 11.3 Å². The van der Waals surface area contributed by atoms with E-state index in [1.165, 1.54) is 44.9 Å². The topological polar surface area (TPSA) is 83.1 Å². The molecular formula is C36H81O9S12Si3+3. The van der Waals surface area contributed by atoms with E-state index in [-0.39, 0.29) is 25.2 Å². The van der Waals surface area contributed by atoms with E-state index in [1.54, 1.807) is 0 Å². The minimum Gasteiger partial charge on any atom is -0.331 e. The van der Waals surface area contributed by atoms with Crippen molar-refractivity contribution in [1.82, 2.24) is 0 Å². The first-order valence-electron chi connectivity index (χ1n) is 21.9. The highest BCUT2D eigenvalue weighted by molar-refractivity contribution is 9.30. The fourth-order valence-electron chi connectivity index (χ4n) is 6.65. The van der Waals surface area contributed by atoms with Crippen molar-refractivity contribution in [2.45, 2.75) is 128 Å². The first kappa shape index (κ1) is 62.5. The van der Waals surface area contributed by atoms with Crippen molar-refractivity contribution in [3.8, 4) is 0 Å². The molecule has 1 aliphatic carbocycles. The molecule has 1 rings (SSSR count).